The zero-order chi connectivity index (χ0) is 20.5. The molecule has 0 saturated carbocycles. The van der Waals surface area contributed by atoms with Gasteiger partial charge in [0.1, 0.15) is 4.90 Å². The lowest BCUT2D eigenvalue weighted by atomic mass is 10.1. The first kappa shape index (κ1) is 21.5. The summed E-state index contributed by atoms with van der Waals surface area (Å²) in [5, 5.41) is 5.40. The standard InChI is InChI=1S/C17H28N4O5S2/c1-19(2)28(24,25)15-3-4-16(17(11-15)27(18,22)23)21-8-6-20(7-9-21)12-14-5-10-26-13-14/h3-4,11,14H,5-10,12-13H2,1-2H3,(H2,18,22,23)/t14-/m0/s1. The van der Waals surface area contributed by atoms with Gasteiger partial charge in [-0.15, -0.1) is 0 Å². The van der Waals surface area contributed by atoms with E-state index >= 15 is 0 Å². The van der Waals surface area contributed by atoms with Crippen molar-refractivity contribution in [2.45, 2.75) is 16.2 Å². The molecule has 0 unspecified atom stereocenters. The van der Waals surface area contributed by atoms with Crippen LogP contribution in [-0.2, 0) is 24.8 Å². The largest absolute Gasteiger partial charge is 0.381 e. The third kappa shape index (κ3) is 4.66. The van der Waals surface area contributed by atoms with E-state index < -0.39 is 20.0 Å². The fourth-order valence-electron chi connectivity index (χ4n) is 3.62. The van der Waals surface area contributed by atoms with Gasteiger partial charge >= 0.3 is 0 Å². The number of nitrogens with two attached hydrogens (primary N) is 1. The van der Waals surface area contributed by atoms with Gasteiger partial charge < -0.3 is 9.64 Å². The summed E-state index contributed by atoms with van der Waals surface area (Å²) in [7, 11) is -5.04. The van der Waals surface area contributed by atoms with Crippen molar-refractivity contribution in [1.82, 2.24) is 9.21 Å². The Bertz CT molecular complexity index is 903. The number of anilines is 1. The molecule has 2 aliphatic heterocycles. The molecule has 1 aromatic carbocycles. The highest BCUT2D eigenvalue weighted by Crippen LogP contribution is 2.29. The summed E-state index contributed by atoms with van der Waals surface area (Å²) in [4.78, 5) is 4.06. The van der Waals surface area contributed by atoms with Crippen LogP contribution in [0.2, 0.25) is 0 Å². The molecular weight excluding hydrogens is 404 g/mol. The molecule has 9 nitrogen and oxygen atoms in total. The maximum Gasteiger partial charge on any atom is 0.242 e. The number of hydrogen-bond donors (Lipinski definition) is 1. The molecule has 0 bridgehead atoms. The van der Waals surface area contributed by atoms with Crippen molar-refractivity contribution >= 4 is 25.7 Å². The predicted molar refractivity (Wildman–Crippen MR) is 106 cm³/mol. The normalized spacial score (nSPS) is 22.1. The summed E-state index contributed by atoms with van der Waals surface area (Å²) in [6.45, 7) is 5.51. The van der Waals surface area contributed by atoms with E-state index in [0.717, 1.165) is 49.6 Å². The van der Waals surface area contributed by atoms with Crippen molar-refractivity contribution < 1.29 is 21.6 Å². The molecule has 2 fully saturated rings. The van der Waals surface area contributed by atoms with Gasteiger partial charge in [0.15, 0.2) is 0 Å². The van der Waals surface area contributed by atoms with Crippen LogP contribution in [0, 0.1) is 5.92 Å². The summed E-state index contributed by atoms with van der Waals surface area (Å²) in [6.07, 6.45) is 1.08. The van der Waals surface area contributed by atoms with Crippen LogP contribution >= 0.6 is 0 Å². The summed E-state index contributed by atoms with van der Waals surface area (Å²) in [5.41, 5.74) is 0.448. The maximum absolute atomic E-state index is 12.4. The van der Waals surface area contributed by atoms with Crippen LogP contribution in [0.4, 0.5) is 5.69 Å². The first-order chi connectivity index (χ1) is 13.1. The molecule has 2 heterocycles. The van der Waals surface area contributed by atoms with Crippen LogP contribution in [-0.4, -0.2) is 86.1 Å². The Balaban J connectivity index is 1.80. The third-order valence-electron chi connectivity index (χ3n) is 5.27. The molecule has 3 rings (SSSR count). The molecule has 0 amide bonds. The number of rotatable bonds is 6. The van der Waals surface area contributed by atoms with E-state index in [1.54, 1.807) is 0 Å². The van der Waals surface area contributed by atoms with E-state index in [4.69, 9.17) is 9.88 Å². The molecule has 2 saturated heterocycles. The lowest BCUT2D eigenvalue weighted by Crippen LogP contribution is -2.48. The smallest absolute Gasteiger partial charge is 0.242 e. The zero-order valence-electron chi connectivity index (χ0n) is 16.2. The van der Waals surface area contributed by atoms with E-state index in [0.29, 0.717) is 24.7 Å². The number of primary sulfonamides is 1. The summed E-state index contributed by atoms with van der Waals surface area (Å²) in [6, 6.07) is 4.13. The minimum Gasteiger partial charge on any atom is -0.381 e. The van der Waals surface area contributed by atoms with Crippen LogP contribution in [0.5, 0.6) is 0 Å². The maximum atomic E-state index is 12.4. The van der Waals surface area contributed by atoms with Crippen molar-refractivity contribution in [3.63, 3.8) is 0 Å². The highest BCUT2D eigenvalue weighted by molar-refractivity contribution is 7.90. The van der Waals surface area contributed by atoms with Gasteiger partial charge in [-0.3, -0.25) is 4.90 Å². The van der Waals surface area contributed by atoms with Gasteiger partial charge in [0, 0.05) is 53.4 Å². The van der Waals surface area contributed by atoms with Crippen LogP contribution < -0.4 is 10.0 Å². The highest BCUT2D eigenvalue weighted by atomic mass is 32.2. The van der Waals surface area contributed by atoms with Gasteiger partial charge in [-0.2, -0.15) is 0 Å². The van der Waals surface area contributed by atoms with Gasteiger partial charge in [0.2, 0.25) is 20.0 Å². The minimum absolute atomic E-state index is 0.0925. The van der Waals surface area contributed by atoms with Crippen LogP contribution in [0.3, 0.4) is 0 Å². The van der Waals surface area contributed by atoms with Gasteiger partial charge in [-0.25, -0.2) is 26.3 Å². The molecular formula is C17H28N4O5S2. The van der Waals surface area contributed by atoms with E-state index in [1.165, 1.54) is 26.2 Å². The Morgan fingerprint density at radius 2 is 1.82 bits per heavy atom. The van der Waals surface area contributed by atoms with Gasteiger partial charge in [0.25, 0.3) is 0 Å². The van der Waals surface area contributed by atoms with E-state index in [9.17, 15) is 16.8 Å². The molecule has 2 N–H and O–H groups in total. The van der Waals surface area contributed by atoms with Crippen molar-refractivity contribution in [2.75, 3.05) is 64.9 Å². The van der Waals surface area contributed by atoms with Crippen LogP contribution in [0.25, 0.3) is 0 Å². The van der Waals surface area contributed by atoms with Crippen LogP contribution in [0.15, 0.2) is 28.0 Å². The SMILES string of the molecule is CN(C)S(=O)(=O)c1ccc(N2CCN(C[C@@H]3CCOC3)CC2)c(S(N)(=O)=O)c1. The number of ether oxygens (including phenoxy) is 1. The molecule has 158 valence electrons. The first-order valence-corrected chi connectivity index (χ1v) is 12.2. The lowest BCUT2D eigenvalue weighted by Gasteiger charge is -2.37. The van der Waals surface area contributed by atoms with Crippen molar-refractivity contribution in [1.29, 1.82) is 0 Å². The average Bonchev–Trinajstić information content (AvgIpc) is 3.14. The molecule has 28 heavy (non-hydrogen) atoms. The monoisotopic (exact) mass is 432 g/mol. The van der Waals surface area contributed by atoms with Crippen LogP contribution in [0.1, 0.15) is 6.42 Å². The number of hydrogen-bond acceptors (Lipinski definition) is 7. The predicted octanol–water partition coefficient (Wildman–Crippen LogP) is -0.257. The molecule has 0 aromatic heterocycles. The van der Waals surface area contributed by atoms with Gasteiger partial charge in [-0.05, 0) is 30.5 Å². The molecule has 1 atom stereocenters. The molecule has 0 aliphatic carbocycles. The van der Waals surface area contributed by atoms with Crippen molar-refractivity contribution in [2.24, 2.45) is 11.1 Å². The van der Waals surface area contributed by atoms with Gasteiger partial charge in [-0.1, -0.05) is 0 Å². The Morgan fingerprint density at radius 3 is 2.36 bits per heavy atom. The number of sulfonamides is 2. The van der Waals surface area contributed by atoms with E-state index in [-0.39, 0.29) is 9.79 Å². The number of benzene rings is 1. The Hall–Kier alpha value is -1.24. The Morgan fingerprint density at radius 1 is 1.14 bits per heavy atom. The fraction of sp³-hybridized carbons (Fsp3) is 0.647. The lowest BCUT2D eigenvalue weighted by molar-refractivity contribution is 0.164. The molecule has 1 aromatic rings. The summed E-state index contributed by atoms with van der Waals surface area (Å²) < 4.78 is 55.5. The topological polar surface area (TPSA) is 113 Å². The molecule has 2 aliphatic rings. The molecule has 0 radical (unpaired) electrons. The summed E-state index contributed by atoms with van der Waals surface area (Å²) in [5.74, 6) is 0.557. The second-order valence-electron chi connectivity index (χ2n) is 7.48. The second kappa shape index (κ2) is 8.25. The first-order valence-electron chi connectivity index (χ1n) is 9.23. The average molecular weight is 433 g/mol. The third-order valence-corrected chi connectivity index (χ3v) is 8.02. The molecule has 0 spiro atoms. The molecule has 11 heteroatoms. The number of nitrogens with zero attached hydrogens (tertiary/aromatic N) is 3. The summed E-state index contributed by atoms with van der Waals surface area (Å²) >= 11 is 0. The highest BCUT2D eigenvalue weighted by Gasteiger charge is 2.27. The van der Waals surface area contributed by atoms with Crippen molar-refractivity contribution in [3.8, 4) is 0 Å². The quantitative estimate of drug-likeness (QED) is 0.659. The Kier molecular flexibility index (Phi) is 6.32. The number of piperazine rings is 1. The fourth-order valence-corrected chi connectivity index (χ4v) is 5.40. The second-order valence-corrected chi connectivity index (χ2v) is 11.2. The van der Waals surface area contributed by atoms with E-state index in [1.807, 2.05) is 4.90 Å². The van der Waals surface area contributed by atoms with Gasteiger partial charge in [0.05, 0.1) is 17.2 Å². The van der Waals surface area contributed by atoms with Crippen molar-refractivity contribution in [3.05, 3.63) is 18.2 Å². The van der Waals surface area contributed by atoms with E-state index in [2.05, 4.69) is 4.90 Å². The minimum atomic E-state index is -4.08. The zero-order valence-corrected chi connectivity index (χ0v) is 17.9. The Labute approximate surface area is 167 Å².